The van der Waals surface area contributed by atoms with Crippen molar-refractivity contribution in [3.8, 4) is 0 Å². The molecule has 106 valence electrons. The van der Waals surface area contributed by atoms with E-state index in [-0.39, 0.29) is 23.8 Å². The predicted octanol–water partition coefficient (Wildman–Crippen LogP) is 2.68. The van der Waals surface area contributed by atoms with Crippen LogP contribution in [0.5, 0.6) is 0 Å². The fraction of sp³-hybridized carbons (Fsp3) is 0.857. The lowest BCUT2D eigenvalue weighted by Gasteiger charge is -2.28. The lowest BCUT2D eigenvalue weighted by atomic mass is 9.80. The molecule has 0 rings (SSSR count). The molecule has 0 radical (unpaired) electrons. The van der Waals surface area contributed by atoms with Crippen LogP contribution in [0.25, 0.3) is 0 Å². The van der Waals surface area contributed by atoms with Crippen molar-refractivity contribution in [3.05, 3.63) is 0 Å². The van der Waals surface area contributed by atoms with Crippen LogP contribution in [0.4, 0.5) is 0 Å². The van der Waals surface area contributed by atoms with Crippen LogP contribution in [0, 0.1) is 16.7 Å². The van der Waals surface area contributed by atoms with E-state index in [1.54, 1.807) is 6.92 Å². The molecule has 0 heterocycles. The van der Waals surface area contributed by atoms with Crippen LogP contribution in [0.3, 0.4) is 0 Å². The summed E-state index contributed by atoms with van der Waals surface area (Å²) in [5, 5.41) is 11.8. The van der Waals surface area contributed by atoms with E-state index in [2.05, 4.69) is 26.1 Å². The quantitative estimate of drug-likeness (QED) is 0.768. The lowest BCUT2D eigenvalue weighted by molar-refractivity contribution is -0.148. The maximum Gasteiger partial charge on any atom is 0.311 e. The van der Waals surface area contributed by atoms with Crippen molar-refractivity contribution in [1.29, 1.82) is 0 Å². The van der Waals surface area contributed by atoms with Gasteiger partial charge in [-0.25, -0.2) is 0 Å². The van der Waals surface area contributed by atoms with Gasteiger partial charge >= 0.3 is 5.97 Å². The highest BCUT2D eigenvalue weighted by atomic mass is 16.4. The summed E-state index contributed by atoms with van der Waals surface area (Å²) in [4.78, 5) is 22.9. The fourth-order valence-corrected chi connectivity index (χ4v) is 1.30. The van der Waals surface area contributed by atoms with Crippen LogP contribution in [-0.2, 0) is 9.59 Å². The van der Waals surface area contributed by atoms with Crippen molar-refractivity contribution in [2.24, 2.45) is 16.7 Å². The fourth-order valence-electron chi connectivity index (χ4n) is 1.30. The Bertz CT molecular complexity index is 307. The van der Waals surface area contributed by atoms with Gasteiger partial charge in [0.1, 0.15) is 0 Å². The Morgan fingerprint density at radius 1 is 1.22 bits per heavy atom. The summed E-state index contributed by atoms with van der Waals surface area (Å²) in [6.45, 7) is 12.0. The number of aliphatic carboxylic acids is 1. The van der Waals surface area contributed by atoms with E-state index in [1.165, 1.54) is 0 Å². The first-order valence-electron chi connectivity index (χ1n) is 6.53. The van der Waals surface area contributed by atoms with E-state index in [0.29, 0.717) is 12.8 Å². The van der Waals surface area contributed by atoms with E-state index >= 15 is 0 Å². The van der Waals surface area contributed by atoms with Gasteiger partial charge in [-0.15, -0.1) is 0 Å². The number of carbonyl (C=O) groups is 2. The number of carboxylic acid groups (broad SMARTS) is 1. The standard InChI is InChI=1S/C14H27NO3/c1-7-14(6,12(17)18)9-15-11(16)8-10(2)13(3,4)5/h10H,7-9H2,1-6H3,(H,15,16)(H,17,18). The highest BCUT2D eigenvalue weighted by Crippen LogP contribution is 2.28. The maximum absolute atomic E-state index is 11.8. The second-order valence-corrected chi connectivity index (χ2v) is 6.47. The van der Waals surface area contributed by atoms with Crippen molar-refractivity contribution in [3.63, 3.8) is 0 Å². The smallest absolute Gasteiger partial charge is 0.311 e. The Morgan fingerprint density at radius 2 is 1.72 bits per heavy atom. The molecule has 0 aliphatic carbocycles. The molecule has 0 aliphatic heterocycles. The molecule has 2 N–H and O–H groups in total. The summed E-state index contributed by atoms with van der Waals surface area (Å²) in [7, 11) is 0. The molecule has 0 aliphatic rings. The summed E-state index contributed by atoms with van der Waals surface area (Å²) < 4.78 is 0. The molecule has 0 aromatic carbocycles. The van der Waals surface area contributed by atoms with Gasteiger partial charge in [-0.3, -0.25) is 9.59 Å². The van der Waals surface area contributed by atoms with Gasteiger partial charge in [0.25, 0.3) is 0 Å². The van der Waals surface area contributed by atoms with E-state index in [9.17, 15) is 9.59 Å². The average molecular weight is 257 g/mol. The van der Waals surface area contributed by atoms with Crippen LogP contribution < -0.4 is 5.32 Å². The normalized spacial score (nSPS) is 16.8. The van der Waals surface area contributed by atoms with Gasteiger partial charge in [0.05, 0.1) is 5.41 Å². The molecule has 0 fully saturated rings. The second kappa shape index (κ2) is 6.21. The van der Waals surface area contributed by atoms with Gasteiger partial charge in [0.2, 0.25) is 5.91 Å². The van der Waals surface area contributed by atoms with Gasteiger partial charge in [0, 0.05) is 13.0 Å². The molecule has 0 aromatic rings. The molecule has 0 bridgehead atoms. The molecule has 18 heavy (non-hydrogen) atoms. The Hall–Kier alpha value is -1.06. The van der Waals surface area contributed by atoms with Crippen LogP contribution in [0.15, 0.2) is 0 Å². The number of rotatable bonds is 6. The summed E-state index contributed by atoms with van der Waals surface area (Å²) in [6.07, 6.45) is 0.931. The van der Waals surface area contributed by atoms with Crippen molar-refractivity contribution in [2.75, 3.05) is 6.54 Å². The summed E-state index contributed by atoms with van der Waals surface area (Å²) in [6, 6.07) is 0. The number of hydrogen-bond acceptors (Lipinski definition) is 2. The predicted molar refractivity (Wildman–Crippen MR) is 72.3 cm³/mol. The summed E-state index contributed by atoms with van der Waals surface area (Å²) in [5.41, 5.74) is -0.793. The van der Waals surface area contributed by atoms with Gasteiger partial charge in [0.15, 0.2) is 0 Å². The second-order valence-electron chi connectivity index (χ2n) is 6.47. The molecule has 4 nitrogen and oxygen atoms in total. The number of amides is 1. The number of carbonyl (C=O) groups excluding carboxylic acids is 1. The maximum atomic E-state index is 11.8. The topological polar surface area (TPSA) is 66.4 Å². The molecule has 1 amide bonds. The summed E-state index contributed by atoms with van der Waals surface area (Å²) >= 11 is 0. The van der Waals surface area contributed by atoms with Gasteiger partial charge in [-0.05, 0) is 24.7 Å². The van der Waals surface area contributed by atoms with E-state index in [0.717, 1.165) is 0 Å². The molecule has 2 unspecified atom stereocenters. The first-order valence-corrected chi connectivity index (χ1v) is 6.53. The van der Waals surface area contributed by atoms with Gasteiger partial charge in [-0.2, -0.15) is 0 Å². The number of carboxylic acids is 1. The largest absolute Gasteiger partial charge is 0.481 e. The third-order valence-corrected chi connectivity index (χ3v) is 3.94. The first kappa shape index (κ1) is 16.9. The van der Waals surface area contributed by atoms with Crippen LogP contribution >= 0.6 is 0 Å². The van der Waals surface area contributed by atoms with E-state index < -0.39 is 11.4 Å². The van der Waals surface area contributed by atoms with Crippen molar-refractivity contribution in [1.82, 2.24) is 5.32 Å². The molecule has 0 saturated heterocycles. The van der Waals surface area contributed by atoms with Crippen molar-refractivity contribution >= 4 is 11.9 Å². The van der Waals surface area contributed by atoms with Gasteiger partial charge in [-0.1, -0.05) is 34.6 Å². The Balaban J connectivity index is 4.31. The average Bonchev–Trinajstić information content (AvgIpc) is 2.24. The molecule has 0 saturated carbocycles. The molecule has 0 spiro atoms. The SMILES string of the molecule is CCC(C)(CNC(=O)CC(C)C(C)(C)C)C(=O)O. The lowest BCUT2D eigenvalue weighted by Crippen LogP contribution is -2.41. The first-order chi connectivity index (χ1) is 8.03. The minimum absolute atomic E-state index is 0.0710. The number of nitrogens with one attached hydrogen (secondary N) is 1. The Labute approximate surface area is 110 Å². The monoisotopic (exact) mass is 257 g/mol. The van der Waals surface area contributed by atoms with Gasteiger partial charge < -0.3 is 10.4 Å². The third-order valence-electron chi connectivity index (χ3n) is 3.94. The van der Waals surface area contributed by atoms with Crippen molar-refractivity contribution < 1.29 is 14.7 Å². The van der Waals surface area contributed by atoms with Crippen LogP contribution in [-0.4, -0.2) is 23.5 Å². The highest BCUT2D eigenvalue weighted by Gasteiger charge is 2.32. The minimum atomic E-state index is -0.874. The van der Waals surface area contributed by atoms with E-state index in [1.807, 2.05) is 13.8 Å². The Morgan fingerprint density at radius 3 is 2.06 bits per heavy atom. The number of hydrogen-bond donors (Lipinski definition) is 2. The molecular formula is C14H27NO3. The molecule has 2 atom stereocenters. The third kappa shape index (κ3) is 5.07. The van der Waals surface area contributed by atoms with E-state index in [4.69, 9.17) is 5.11 Å². The zero-order chi connectivity index (χ0) is 14.6. The summed E-state index contributed by atoms with van der Waals surface area (Å²) in [5.74, 6) is -0.678. The zero-order valence-electron chi connectivity index (χ0n) is 12.5. The van der Waals surface area contributed by atoms with Crippen LogP contribution in [0.1, 0.15) is 54.4 Å². The molecule has 4 heteroatoms. The highest BCUT2D eigenvalue weighted by molar-refractivity contribution is 5.79. The molecular weight excluding hydrogens is 230 g/mol. The molecule has 0 aromatic heterocycles. The Kier molecular flexibility index (Phi) is 5.84. The van der Waals surface area contributed by atoms with Crippen LogP contribution in [0.2, 0.25) is 0 Å². The minimum Gasteiger partial charge on any atom is -0.481 e. The van der Waals surface area contributed by atoms with Crippen molar-refractivity contribution in [2.45, 2.75) is 54.4 Å². The zero-order valence-corrected chi connectivity index (χ0v) is 12.5.